The number of hydrogen-bond acceptors (Lipinski definition) is 6. The standard InChI is InChI=1S/C27H25BrFN5O3/c1-16-17(2)26(36)34(25(16)35)31-24-13-19(22-8-5-20(28)14-23(22)30-24)15-32-9-11-33(12-10-32)27(37)18-3-6-21(29)7-4-18/h3-8,13-14H,9-12,15H2,1-2H3,(H,30,31). The zero-order valence-electron chi connectivity index (χ0n) is 20.4. The van der Waals surface area contributed by atoms with E-state index in [0.29, 0.717) is 55.3 Å². The molecule has 37 heavy (non-hydrogen) atoms. The number of aromatic nitrogens is 1. The number of carbonyl (C=O) groups is 3. The van der Waals surface area contributed by atoms with Gasteiger partial charge in [-0.2, -0.15) is 5.01 Å². The van der Waals surface area contributed by atoms with Crippen LogP contribution in [0.5, 0.6) is 0 Å². The fourth-order valence-electron chi connectivity index (χ4n) is 4.55. The van der Waals surface area contributed by atoms with E-state index >= 15 is 0 Å². The number of nitrogens with one attached hydrogen (secondary N) is 1. The van der Waals surface area contributed by atoms with Crippen molar-refractivity contribution in [1.29, 1.82) is 0 Å². The molecular weight excluding hydrogens is 541 g/mol. The third-order valence-electron chi connectivity index (χ3n) is 6.84. The van der Waals surface area contributed by atoms with Crippen molar-refractivity contribution in [3.05, 3.63) is 81.1 Å². The smallest absolute Gasteiger partial charge is 0.275 e. The summed E-state index contributed by atoms with van der Waals surface area (Å²) in [7, 11) is 0. The largest absolute Gasteiger partial charge is 0.336 e. The molecule has 0 aliphatic carbocycles. The maximum absolute atomic E-state index is 13.2. The van der Waals surface area contributed by atoms with Crippen molar-refractivity contribution in [2.45, 2.75) is 20.4 Å². The lowest BCUT2D eigenvalue weighted by atomic mass is 10.1. The van der Waals surface area contributed by atoms with Crippen LogP contribution in [0, 0.1) is 5.82 Å². The normalized spacial score (nSPS) is 16.8. The summed E-state index contributed by atoms with van der Waals surface area (Å²) >= 11 is 3.49. The van der Waals surface area contributed by atoms with E-state index in [0.717, 1.165) is 25.9 Å². The van der Waals surface area contributed by atoms with Crippen LogP contribution < -0.4 is 5.43 Å². The van der Waals surface area contributed by atoms with Crippen molar-refractivity contribution in [2.24, 2.45) is 0 Å². The summed E-state index contributed by atoms with van der Waals surface area (Å²) < 4.78 is 14.1. The van der Waals surface area contributed by atoms with Crippen LogP contribution in [0.15, 0.2) is 64.1 Å². The molecule has 1 aromatic heterocycles. The van der Waals surface area contributed by atoms with Gasteiger partial charge < -0.3 is 4.90 Å². The third kappa shape index (κ3) is 4.99. The summed E-state index contributed by atoms with van der Waals surface area (Å²) in [5.41, 5.74) is 5.91. The van der Waals surface area contributed by atoms with Gasteiger partial charge in [-0.25, -0.2) is 9.37 Å². The molecule has 0 radical (unpaired) electrons. The van der Waals surface area contributed by atoms with Crippen molar-refractivity contribution in [1.82, 2.24) is 19.8 Å². The molecule has 0 unspecified atom stereocenters. The Morgan fingerprint density at radius 1 is 0.973 bits per heavy atom. The van der Waals surface area contributed by atoms with Crippen LogP contribution in [0.3, 0.4) is 0 Å². The average molecular weight is 566 g/mol. The first-order valence-electron chi connectivity index (χ1n) is 11.9. The Labute approximate surface area is 221 Å². The Morgan fingerprint density at radius 2 is 1.62 bits per heavy atom. The Hall–Kier alpha value is -3.63. The van der Waals surface area contributed by atoms with Crippen LogP contribution in [0.1, 0.15) is 29.8 Å². The molecule has 3 aromatic rings. The predicted molar refractivity (Wildman–Crippen MR) is 141 cm³/mol. The van der Waals surface area contributed by atoms with E-state index < -0.39 is 0 Å². The van der Waals surface area contributed by atoms with Crippen molar-refractivity contribution >= 4 is 50.4 Å². The van der Waals surface area contributed by atoms with Crippen LogP contribution in [0.2, 0.25) is 0 Å². The molecule has 10 heteroatoms. The molecule has 5 rings (SSSR count). The monoisotopic (exact) mass is 565 g/mol. The summed E-state index contributed by atoms with van der Waals surface area (Å²) in [6, 6.07) is 13.3. The Kier molecular flexibility index (Phi) is 6.78. The number of fused-ring (bicyclic) bond motifs is 1. The second-order valence-electron chi connectivity index (χ2n) is 9.21. The van der Waals surface area contributed by atoms with E-state index in [2.05, 4.69) is 31.2 Å². The molecule has 3 amide bonds. The van der Waals surface area contributed by atoms with Crippen LogP contribution in [0.4, 0.5) is 10.2 Å². The number of amides is 3. The number of benzene rings is 2. The van der Waals surface area contributed by atoms with Gasteiger partial charge in [0.1, 0.15) is 11.6 Å². The average Bonchev–Trinajstić information content (AvgIpc) is 3.07. The first-order valence-corrected chi connectivity index (χ1v) is 12.7. The number of anilines is 1. The number of imide groups is 1. The van der Waals surface area contributed by atoms with Crippen LogP contribution in [0.25, 0.3) is 10.9 Å². The highest BCUT2D eigenvalue weighted by Gasteiger charge is 2.34. The molecule has 0 spiro atoms. The molecule has 1 N–H and O–H groups in total. The first kappa shape index (κ1) is 25.0. The SMILES string of the molecule is CC1=C(C)C(=O)N(Nc2cc(CN3CCN(C(=O)c4ccc(F)cc4)CC3)c3ccc(Br)cc3n2)C1=O. The van der Waals surface area contributed by atoms with Crippen molar-refractivity contribution in [3.8, 4) is 0 Å². The van der Waals surface area contributed by atoms with E-state index in [9.17, 15) is 18.8 Å². The van der Waals surface area contributed by atoms with Crippen molar-refractivity contribution < 1.29 is 18.8 Å². The molecule has 0 bridgehead atoms. The Bertz CT molecular complexity index is 1420. The number of piperazine rings is 1. The van der Waals surface area contributed by atoms with Crippen LogP contribution in [-0.2, 0) is 16.1 Å². The minimum atomic E-state index is -0.387. The lowest BCUT2D eigenvalue weighted by molar-refractivity contribution is -0.135. The molecule has 1 saturated heterocycles. The van der Waals surface area contributed by atoms with Gasteiger partial charge in [-0.05, 0) is 61.9 Å². The number of carbonyl (C=O) groups excluding carboxylic acids is 3. The second kappa shape index (κ2) is 10.0. The van der Waals surface area contributed by atoms with Gasteiger partial charge in [0.2, 0.25) is 0 Å². The number of nitrogens with zero attached hydrogens (tertiary/aromatic N) is 4. The summed E-state index contributed by atoms with van der Waals surface area (Å²) in [4.78, 5) is 46.6. The predicted octanol–water partition coefficient (Wildman–Crippen LogP) is 4.13. The molecule has 0 saturated carbocycles. The molecule has 3 heterocycles. The zero-order chi connectivity index (χ0) is 26.3. The fraction of sp³-hybridized carbons (Fsp3) is 0.259. The van der Waals surface area contributed by atoms with E-state index in [1.165, 1.54) is 24.3 Å². The van der Waals surface area contributed by atoms with Gasteiger partial charge in [0.05, 0.1) is 5.52 Å². The first-order chi connectivity index (χ1) is 17.7. The number of rotatable bonds is 5. The van der Waals surface area contributed by atoms with Gasteiger partial charge in [-0.1, -0.05) is 22.0 Å². The number of halogens is 2. The highest BCUT2D eigenvalue weighted by molar-refractivity contribution is 9.10. The van der Waals surface area contributed by atoms with Crippen LogP contribution >= 0.6 is 15.9 Å². The van der Waals surface area contributed by atoms with Crippen molar-refractivity contribution in [3.63, 3.8) is 0 Å². The third-order valence-corrected chi connectivity index (χ3v) is 7.33. The van der Waals surface area contributed by atoms with Gasteiger partial charge in [0.15, 0.2) is 0 Å². The van der Waals surface area contributed by atoms with Crippen LogP contribution in [-0.4, -0.2) is 63.7 Å². The Balaban J connectivity index is 1.33. The highest BCUT2D eigenvalue weighted by atomic mass is 79.9. The molecule has 190 valence electrons. The van der Waals surface area contributed by atoms with Gasteiger partial charge >= 0.3 is 0 Å². The molecule has 2 aromatic carbocycles. The maximum atomic E-state index is 13.2. The Morgan fingerprint density at radius 3 is 2.27 bits per heavy atom. The van der Waals surface area contributed by atoms with E-state index in [1.807, 2.05) is 24.3 Å². The number of hydrazine groups is 1. The van der Waals surface area contributed by atoms with E-state index in [1.54, 1.807) is 18.7 Å². The second-order valence-corrected chi connectivity index (χ2v) is 10.1. The molecule has 2 aliphatic rings. The number of pyridine rings is 1. The van der Waals surface area contributed by atoms with E-state index in [4.69, 9.17) is 0 Å². The molecule has 0 atom stereocenters. The van der Waals surface area contributed by atoms with Gasteiger partial charge in [-0.3, -0.25) is 24.7 Å². The van der Waals surface area contributed by atoms with Gasteiger partial charge in [0, 0.05) is 59.3 Å². The molecule has 8 nitrogen and oxygen atoms in total. The molecule has 1 fully saturated rings. The molecule has 2 aliphatic heterocycles. The lowest BCUT2D eigenvalue weighted by Gasteiger charge is -2.35. The topological polar surface area (TPSA) is 85.8 Å². The summed E-state index contributed by atoms with van der Waals surface area (Å²) in [6.07, 6.45) is 0. The fourth-order valence-corrected chi connectivity index (χ4v) is 4.90. The van der Waals surface area contributed by atoms with Gasteiger partial charge in [0.25, 0.3) is 17.7 Å². The van der Waals surface area contributed by atoms with E-state index in [-0.39, 0.29) is 23.5 Å². The maximum Gasteiger partial charge on any atom is 0.275 e. The minimum Gasteiger partial charge on any atom is -0.336 e. The minimum absolute atomic E-state index is 0.107. The van der Waals surface area contributed by atoms with Gasteiger partial charge in [-0.15, -0.1) is 0 Å². The lowest BCUT2D eigenvalue weighted by Crippen LogP contribution is -2.48. The molecular formula is C27H25BrFN5O3. The quantitative estimate of drug-likeness (QED) is 0.468. The highest BCUT2D eigenvalue weighted by Crippen LogP contribution is 2.27. The summed E-state index contributed by atoms with van der Waals surface area (Å²) in [5.74, 6) is -0.851. The zero-order valence-corrected chi connectivity index (χ0v) is 22.0. The summed E-state index contributed by atoms with van der Waals surface area (Å²) in [6.45, 7) is 6.31. The van der Waals surface area contributed by atoms with Crippen molar-refractivity contribution in [2.75, 3.05) is 31.6 Å². The number of hydrogen-bond donors (Lipinski definition) is 1. The summed E-state index contributed by atoms with van der Waals surface area (Å²) in [5, 5.41) is 1.96.